The van der Waals surface area contributed by atoms with E-state index in [0.29, 0.717) is 38.3 Å². The summed E-state index contributed by atoms with van der Waals surface area (Å²) in [6.45, 7) is 6.20. The van der Waals surface area contributed by atoms with E-state index in [-0.39, 0.29) is 30.1 Å². The second kappa shape index (κ2) is 10.8. The third-order valence-corrected chi connectivity index (χ3v) is 4.66. The van der Waals surface area contributed by atoms with Crippen molar-refractivity contribution in [1.82, 2.24) is 15.1 Å². The van der Waals surface area contributed by atoms with Crippen LogP contribution in [0.25, 0.3) is 0 Å². The van der Waals surface area contributed by atoms with Crippen LogP contribution >= 0.6 is 0 Å². The molecule has 8 nitrogen and oxygen atoms in total. The number of methoxy groups -OCH3 is 1. The highest BCUT2D eigenvalue weighted by atomic mass is 19.1. The van der Waals surface area contributed by atoms with Crippen molar-refractivity contribution in [3.63, 3.8) is 0 Å². The van der Waals surface area contributed by atoms with Crippen LogP contribution in [0.3, 0.4) is 0 Å². The largest absolute Gasteiger partial charge is 0.453 e. The highest BCUT2D eigenvalue weighted by Gasteiger charge is 2.29. The molecular formula is C20H29FN4O4. The molecular weight excluding hydrogens is 379 g/mol. The summed E-state index contributed by atoms with van der Waals surface area (Å²) >= 11 is 0. The normalized spacial score (nSPS) is 15.7. The lowest BCUT2D eigenvalue weighted by Crippen LogP contribution is -2.56. The molecule has 1 unspecified atom stereocenters. The summed E-state index contributed by atoms with van der Waals surface area (Å²) in [7, 11) is 1.27. The van der Waals surface area contributed by atoms with Crippen molar-refractivity contribution in [2.45, 2.75) is 26.3 Å². The quantitative estimate of drug-likeness (QED) is 0.716. The molecule has 1 atom stereocenters. The number of halogens is 1. The van der Waals surface area contributed by atoms with Crippen LogP contribution in [0.2, 0.25) is 0 Å². The number of anilines is 1. The van der Waals surface area contributed by atoms with Gasteiger partial charge in [0.25, 0.3) is 0 Å². The lowest BCUT2D eigenvalue weighted by molar-refractivity contribution is -0.135. The number of piperazine rings is 1. The number of benzene rings is 1. The fraction of sp³-hybridized carbons (Fsp3) is 0.550. The van der Waals surface area contributed by atoms with E-state index < -0.39 is 12.1 Å². The zero-order valence-corrected chi connectivity index (χ0v) is 17.1. The molecule has 0 aromatic heterocycles. The van der Waals surface area contributed by atoms with Crippen LogP contribution in [0.1, 0.15) is 20.3 Å². The molecule has 1 aromatic carbocycles. The predicted octanol–water partition coefficient (Wildman–Crippen LogP) is 1.68. The molecule has 1 heterocycles. The van der Waals surface area contributed by atoms with Crippen molar-refractivity contribution < 1.29 is 23.5 Å². The molecule has 2 rings (SSSR count). The van der Waals surface area contributed by atoms with Crippen molar-refractivity contribution in [1.29, 1.82) is 0 Å². The molecule has 1 fully saturated rings. The van der Waals surface area contributed by atoms with E-state index in [4.69, 9.17) is 0 Å². The summed E-state index contributed by atoms with van der Waals surface area (Å²) in [5.41, 5.74) is 0.538. The van der Waals surface area contributed by atoms with E-state index in [1.54, 1.807) is 4.90 Å². The number of ether oxygens (including phenoxy) is 1. The van der Waals surface area contributed by atoms with Crippen molar-refractivity contribution >= 4 is 23.6 Å². The number of amides is 3. The molecule has 2 N–H and O–H groups in total. The van der Waals surface area contributed by atoms with Gasteiger partial charge in [-0.15, -0.1) is 0 Å². The second-order valence-corrected chi connectivity index (χ2v) is 7.47. The molecule has 1 aliphatic rings. The first-order valence-electron chi connectivity index (χ1n) is 9.69. The first kappa shape index (κ1) is 22.6. The zero-order chi connectivity index (χ0) is 21.4. The van der Waals surface area contributed by atoms with Gasteiger partial charge in [-0.2, -0.15) is 0 Å². The number of hydrogen-bond acceptors (Lipinski definition) is 5. The van der Waals surface area contributed by atoms with E-state index in [2.05, 4.69) is 15.4 Å². The van der Waals surface area contributed by atoms with E-state index in [1.807, 2.05) is 18.7 Å². The van der Waals surface area contributed by atoms with E-state index in [1.165, 1.54) is 31.4 Å². The molecule has 0 spiro atoms. The third kappa shape index (κ3) is 7.34. The first-order chi connectivity index (χ1) is 13.8. The minimum atomic E-state index is -0.629. The van der Waals surface area contributed by atoms with Gasteiger partial charge in [0.2, 0.25) is 11.8 Å². The Morgan fingerprint density at radius 3 is 2.28 bits per heavy atom. The number of alkyl carbamates (subject to hydrolysis) is 1. The number of carbonyl (C=O) groups excluding carboxylic acids is 3. The first-order valence-corrected chi connectivity index (χ1v) is 9.69. The highest BCUT2D eigenvalue weighted by Crippen LogP contribution is 2.12. The summed E-state index contributed by atoms with van der Waals surface area (Å²) in [6, 6.07) is 4.96. The van der Waals surface area contributed by atoms with Gasteiger partial charge in [0.15, 0.2) is 0 Å². The Balaban J connectivity index is 1.83. The van der Waals surface area contributed by atoms with Crippen LogP contribution in [-0.4, -0.2) is 73.6 Å². The summed E-state index contributed by atoms with van der Waals surface area (Å²) in [5.74, 6) is -0.459. The molecule has 1 saturated heterocycles. The third-order valence-electron chi connectivity index (χ3n) is 4.66. The molecule has 0 saturated carbocycles. The van der Waals surface area contributed by atoms with Gasteiger partial charge in [-0.25, -0.2) is 9.18 Å². The van der Waals surface area contributed by atoms with Crippen LogP contribution in [0.4, 0.5) is 14.9 Å². The van der Waals surface area contributed by atoms with Gasteiger partial charge in [0.05, 0.1) is 13.7 Å². The number of hydrogen-bond donors (Lipinski definition) is 2. The summed E-state index contributed by atoms with van der Waals surface area (Å²) in [6.07, 6.45) is -0.103. The van der Waals surface area contributed by atoms with Crippen molar-refractivity contribution in [3.05, 3.63) is 30.1 Å². The minimum Gasteiger partial charge on any atom is -0.453 e. The number of nitrogens with zero attached hydrogens (tertiary/aromatic N) is 2. The van der Waals surface area contributed by atoms with Gasteiger partial charge in [0.1, 0.15) is 11.9 Å². The average Bonchev–Trinajstić information content (AvgIpc) is 2.68. The van der Waals surface area contributed by atoms with E-state index >= 15 is 0 Å². The number of nitrogens with one attached hydrogen (secondary N) is 2. The zero-order valence-electron chi connectivity index (χ0n) is 17.1. The molecule has 29 heavy (non-hydrogen) atoms. The molecule has 1 aliphatic heterocycles. The van der Waals surface area contributed by atoms with Gasteiger partial charge in [0, 0.05) is 31.9 Å². The molecule has 9 heteroatoms. The monoisotopic (exact) mass is 408 g/mol. The van der Waals surface area contributed by atoms with Crippen molar-refractivity contribution in [2.75, 3.05) is 45.2 Å². The topological polar surface area (TPSA) is 91.0 Å². The van der Waals surface area contributed by atoms with E-state index in [0.717, 1.165) is 0 Å². The molecule has 0 bridgehead atoms. The Kier molecular flexibility index (Phi) is 8.38. The number of rotatable bonds is 7. The predicted molar refractivity (Wildman–Crippen MR) is 107 cm³/mol. The molecule has 0 radical (unpaired) electrons. The maximum Gasteiger partial charge on any atom is 0.407 e. The Morgan fingerprint density at radius 2 is 1.72 bits per heavy atom. The van der Waals surface area contributed by atoms with Gasteiger partial charge < -0.3 is 20.3 Å². The van der Waals surface area contributed by atoms with Crippen LogP contribution < -0.4 is 10.6 Å². The maximum absolute atomic E-state index is 12.9. The molecule has 0 aliphatic carbocycles. The van der Waals surface area contributed by atoms with Gasteiger partial charge in [-0.05, 0) is 36.6 Å². The fourth-order valence-corrected chi connectivity index (χ4v) is 3.18. The van der Waals surface area contributed by atoms with Crippen molar-refractivity contribution in [2.24, 2.45) is 5.92 Å². The standard InChI is InChI=1S/C20H29FN4O4/c1-14(2)12-17(23-20(28)29-3)19(27)25-10-8-24(9-11-25)13-18(26)22-16-6-4-15(21)5-7-16/h4-7,14,17H,8-13H2,1-3H3,(H,22,26)(H,23,28). The Labute approximate surface area is 170 Å². The van der Waals surface area contributed by atoms with Gasteiger partial charge in [-0.1, -0.05) is 13.8 Å². The van der Waals surface area contributed by atoms with Gasteiger partial charge in [-0.3, -0.25) is 14.5 Å². The lowest BCUT2D eigenvalue weighted by Gasteiger charge is -2.36. The van der Waals surface area contributed by atoms with Crippen LogP contribution in [-0.2, 0) is 14.3 Å². The lowest BCUT2D eigenvalue weighted by atomic mass is 10.0. The Hall–Kier alpha value is -2.68. The maximum atomic E-state index is 12.9. The smallest absolute Gasteiger partial charge is 0.407 e. The van der Waals surface area contributed by atoms with E-state index in [9.17, 15) is 18.8 Å². The minimum absolute atomic E-state index is 0.139. The fourth-order valence-electron chi connectivity index (χ4n) is 3.18. The second-order valence-electron chi connectivity index (χ2n) is 7.47. The van der Waals surface area contributed by atoms with Crippen LogP contribution in [0, 0.1) is 11.7 Å². The van der Waals surface area contributed by atoms with Gasteiger partial charge >= 0.3 is 6.09 Å². The van der Waals surface area contributed by atoms with Crippen molar-refractivity contribution in [3.8, 4) is 0 Å². The Bertz CT molecular complexity index is 703. The summed E-state index contributed by atoms with van der Waals surface area (Å²) in [4.78, 5) is 40.2. The average molecular weight is 408 g/mol. The molecule has 1 aromatic rings. The molecule has 3 amide bonds. The van der Waals surface area contributed by atoms with Crippen LogP contribution in [0.5, 0.6) is 0 Å². The summed E-state index contributed by atoms with van der Waals surface area (Å²) < 4.78 is 17.6. The SMILES string of the molecule is COC(=O)NC(CC(C)C)C(=O)N1CCN(CC(=O)Nc2ccc(F)cc2)CC1. The van der Waals surface area contributed by atoms with Crippen LogP contribution in [0.15, 0.2) is 24.3 Å². The highest BCUT2D eigenvalue weighted by molar-refractivity contribution is 5.92. The summed E-state index contributed by atoms with van der Waals surface area (Å²) in [5, 5.41) is 5.34. The molecule has 160 valence electrons. The Morgan fingerprint density at radius 1 is 1.10 bits per heavy atom. The number of carbonyl (C=O) groups is 3.